The third-order valence-electron chi connectivity index (χ3n) is 2.63. The highest BCUT2D eigenvalue weighted by molar-refractivity contribution is 9.10. The second-order valence-corrected chi connectivity index (χ2v) is 4.81. The molecular weight excluding hydrogens is 268 g/mol. The van der Waals surface area contributed by atoms with Crippen LogP contribution in [0.3, 0.4) is 0 Å². The van der Waals surface area contributed by atoms with Crippen molar-refractivity contribution in [3.05, 3.63) is 28.2 Å². The van der Waals surface area contributed by atoms with E-state index in [2.05, 4.69) is 27.3 Å². The first-order valence-electron chi connectivity index (χ1n) is 5.15. The summed E-state index contributed by atoms with van der Waals surface area (Å²) in [6, 6.07) is 7.80. The smallest absolute Gasteiger partial charge is 0.101 e. The molecule has 0 spiro atoms. The van der Waals surface area contributed by atoms with Crippen LogP contribution in [-0.2, 0) is 0 Å². The van der Waals surface area contributed by atoms with Crippen molar-refractivity contribution >= 4 is 21.6 Å². The molecule has 2 N–H and O–H groups in total. The highest BCUT2D eigenvalue weighted by atomic mass is 79.9. The first kappa shape index (κ1) is 13.0. The molecule has 0 bridgehead atoms. The molecule has 4 heteroatoms. The van der Waals surface area contributed by atoms with Crippen LogP contribution in [-0.4, -0.2) is 17.8 Å². The summed E-state index contributed by atoms with van der Waals surface area (Å²) in [6.45, 7) is 4.08. The highest BCUT2D eigenvalue weighted by Gasteiger charge is 2.12. The van der Waals surface area contributed by atoms with Gasteiger partial charge in [0.25, 0.3) is 0 Å². The van der Waals surface area contributed by atoms with Gasteiger partial charge in [-0.1, -0.05) is 22.9 Å². The predicted octanol–water partition coefficient (Wildman–Crippen LogP) is 2.75. The zero-order chi connectivity index (χ0) is 12.1. The Morgan fingerprint density at radius 2 is 2.19 bits per heavy atom. The summed E-state index contributed by atoms with van der Waals surface area (Å²) in [6.07, 6.45) is 0. The minimum absolute atomic E-state index is 0.123. The van der Waals surface area contributed by atoms with Gasteiger partial charge in [-0.3, -0.25) is 0 Å². The number of anilines is 1. The fourth-order valence-corrected chi connectivity index (χ4v) is 1.64. The molecular formula is C12H15BrN2O. The number of hydrogen-bond acceptors (Lipinski definition) is 3. The van der Waals surface area contributed by atoms with Crippen molar-refractivity contribution in [2.45, 2.75) is 19.9 Å². The Hall–Kier alpha value is -1.05. The largest absolute Gasteiger partial charge is 0.396 e. The van der Waals surface area contributed by atoms with E-state index in [4.69, 9.17) is 10.4 Å². The van der Waals surface area contributed by atoms with Crippen LogP contribution in [0.1, 0.15) is 19.4 Å². The summed E-state index contributed by atoms with van der Waals surface area (Å²) < 4.78 is 0.887. The highest BCUT2D eigenvalue weighted by Crippen LogP contribution is 2.22. The Bertz CT molecular complexity index is 400. The lowest BCUT2D eigenvalue weighted by molar-refractivity contribution is 0.226. The normalized spacial score (nSPS) is 13.9. The van der Waals surface area contributed by atoms with E-state index in [1.54, 1.807) is 6.07 Å². The zero-order valence-electron chi connectivity index (χ0n) is 9.37. The molecule has 0 aromatic heterocycles. The number of nitriles is 1. The van der Waals surface area contributed by atoms with Gasteiger partial charge in [0.2, 0.25) is 0 Å². The molecule has 0 aliphatic heterocycles. The van der Waals surface area contributed by atoms with Gasteiger partial charge in [-0.15, -0.1) is 0 Å². The number of nitrogens with zero attached hydrogens (tertiary/aromatic N) is 1. The molecule has 2 atom stereocenters. The van der Waals surface area contributed by atoms with Gasteiger partial charge in [-0.25, -0.2) is 0 Å². The molecule has 0 aliphatic carbocycles. The lowest BCUT2D eigenvalue weighted by atomic mass is 10.0. The lowest BCUT2D eigenvalue weighted by Gasteiger charge is -2.21. The molecule has 1 aromatic carbocycles. The summed E-state index contributed by atoms with van der Waals surface area (Å²) in [4.78, 5) is 0. The molecule has 86 valence electrons. The maximum atomic E-state index is 9.04. The molecule has 0 fully saturated rings. The van der Waals surface area contributed by atoms with Crippen molar-refractivity contribution in [2.24, 2.45) is 5.92 Å². The molecule has 0 aliphatic rings. The SMILES string of the molecule is CC(CO)C(C)Nc1ccc(Br)cc1C#N. The van der Waals surface area contributed by atoms with Gasteiger partial charge in [0.1, 0.15) is 6.07 Å². The number of hydrogen-bond donors (Lipinski definition) is 2. The zero-order valence-corrected chi connectivity index (χ0v) is 11.0. The molecule has 16 heavy (non-hydrogen) atoms. The molecule has 0 amide bonds. The maximum absolute atomic E-state index is 9.04. The number of nitrogens with one attached hydrogen (secondary N) is 1. The van der Waals surface area contributed by atoms with Crippen molar-refractivity contribution in [2.75, 3.05) is 11.9 Å². The third-order valence-corrected chi connectivity index (χ3v) is 3.12. The number of halogens is 1. The average molecular weight is 283 g/mol. The van der Waals surface area contributed by atoms with E-state index in [-0.39, 0.29) is 18.6 Å². The summed E-state index contributed by atoms with van der Waals surface area (Å²) in [5, 5.41) is 21.3. The van der Waals surface area contributed by atoms with Crippen molar-refractivity contribution in [3.63, 3.8) is 0 Å². The molecule has 0 saturated heterocycles. The molecule has 1 rings (SSSR count). The standard InChI is InChI=1S/C12H15BrN2O/c1-8(7-16)9(2)15-12-4-3-11(13)5-10(12)6-14/h3-5,8-9,15-16H,7H2,1-2H3. The van der Waals surface area contributed by atoms with E-state index in [1.165, 1.54) is 0 Å². The summed E-state index contributed by atoms with van der Waals surface area (Å²) in [5.74, 6) is 0.148. The van der Waals surface area contributed by atoms with E-state index in [0.29, 0.717) is 5.56 Å². The summed E-state index contributed by atoms with van der Waals surface area (Å²) >= 11 is 3.33. The van der Waals surface area contributed by atoms with E-state index in [1.807, 2.05) is 26.0 Å². The van der Waals surface area contributed by atoms with Gasteiger partial charge in [-0.2, -0.15) is 5.26 Å². The molecule has 1 aromatic rings. The van der Waals surface area contributed by atoms with Gasteiger partial charge >= 0.3 is 0 Å². The Morgan fingerprint density at radius 3 is 2.75 bits per heavy atom. The Labute approximate surface area is 104 Å². The quantitative estimate of drug-likeness (QED) is 0.893. The van der Waals surface area contributed by atoms with Crippen LogP contribution in [0.4, 0.5) is 5.69 Å². The molecule has 0 radical (unpaired) electrons. The first-order valence-corrected chi connectivity index (χ1v) is 5.94. The van der Waals surface area contributed by atoms with E-state index in [0.717, 1.165) is 10.2 Å². The minimum atomic E-state index is 0.123. The van der Waals surface area contributed by atoms with Crippen LogP contribution >= 0.6 is 15.9 Å². The van der Waals surface area contributed by atoms with E-state index < -0.39 is 0 Å². The van der Waals surface area contributed by atoms with Crippen LogP contribution in [0, 0.1) is 17.2 Å². The third kappa shape index (κ3) is 3.22. The van der Waals surface area contributed by atoms with Crippen molar-refractivity contribution < 1.29 is 5.11 Å². The van der Waals surface area contributed by atoms with Crippen LogP contribution in [0.2, 0.25) is 0 Å². The second-order valence-electron chi connectivity index (χ2n) is 3.89. The topological polar surface area (TPSA) is 56.0 Å². The molecule has 0 saturated carbocycles. The van der Waals surface area contributed by atoms with Gasteiger partial charge in [0.15, 0.2) is 0 Å². The minimum Gasteiger partial charge on any atom is -0.396 e. The number of aliphatic hydroxyl groups is 1. The second kappa shape index (κ2) is 5.88. The van der Waals surface area contributed by atoms with Crippen molar-refractivity contribution in [1.82, 2.24) is 0 Å². The lowest BCUT2D eigenvalue weighted by Crippen LogP contribution is -2.26. The number of aliphatic hydroxyl groups excluding tert-OH is 1. The fourth-order valence-electron chi connectivity index (χ4n) is 1.28. The van der Waals surface area contributed by atoms with Crippen molar-refractivity contribution in [1.29, 1.82) is 5.26 Å². The van der Waals surface area contributed by atoms with Crippen LogP contribution in [0.5, 0.6) is 0 Å². The van der Waals surface area contributed by atoms with Gasteiger partial charge in [-0.05, 0) is 31.0 Å². The Balaban J connectivity index is 2.85. The molecule has 0 heterocycles. The van der Waals surface area contributed by atoms with Crippen molar-refractivity contribution in [3.8, 4) is 6.07 Å². The van der Waals surface area contributed by atoms with Gasteiger partial charge in [0.05, 0.1) is 11.3 Å². The maximum Gasteiger partial charge on any atom is 0.101 e. The summed E-state index contributed by atoms with van der Waals surface area (Å²) in [5.41, 5.74) is 1.41. The average Bonchev–Trinajstić information content (AvgIpc) is 2.30. The van der Waals surface area contributed by atoms with Crippen LogP contribution in [0.15, 0.2) is 22.7 Å². The van der Waals surface area contributed by atoms with Gasteiger partial charge in [0, 0.05) is 17.1 Å². The number of benzene rings is 1. The first-order chi connectivity index (χ1) is 7.58. The predicted molar refractivity (Wildman–Crippen MR) is 68.2 cm³/mol. The number of rotatable bonds is 4. The molecule has 3 nitrogen and oxygen atoms in total. The molecule has 2 unspecified atom stereocenters. The monoisotopic (exact) mass is 282 g/mol. The van der Waals surface area contributed by atoms with E-state index >= 15 is 0 Å². The van der Waals surface area contributed by atoms with Crippen LogP contribution in [0.25, 0.3) is 0 Å². The fraction of sp³-hybridized carbons (Fsp3) is 0.417. The van der Waals surface area contributed by atoms with Gasteiger partial charge < -0.3 is 10.4 Å². The Morgan fingerprint density at radius 1 is 1.50 bits per heavy atom. The summed E-state index contributed by atoms with van der Waals surface area (Å²) in [7, 11) is 0. The Kier molecular flexibility index (Phi) is 4.78. The van der Waals surface area contributed by atoms with Crippen LogP contribution < -0.4 is 5.32 Å². The van der Waals surface area contributed by atoms with E-state index in [9.17, 15) is 0 Å².